The fourth-order valence-corrected chi connectivity index (χ4v) is 1.67. The number of carbonyl (C=O) groups excluding carboxylic acids is 1. The molecule has 0 N–H and O–H groups in total. The summed E-state index contributed by atoms with van der Waals surface area (Å²) in [7, 11) is 1.27. The Bertz CT molecular complexity index is 572. The van der Waals surface area contributed by atoms with Crippen molar-refractivity contribution in [3.8, 4) is 0 Å². The number of nitrogens with zero attached hydrogens (tertiary/aromatic N) is 2. The van der Waals surface area contributed by atoms with E-state index in [1.165, 1.54) is 7.11 Å². The largest absolute Gasteiger partial charge is 0.464 e. The minimum absolute atomic E-state index is 0.00442. The van der Waals surface area contributed by atoms with Crippen LogP contribution in [-0.4, -0.2) is 23.0 Å². The van der Waals surface area contributed by atoms with E-state index in [0.29, 0.717) is 15.9 Å². The van der Waals surface area contributed by atoms with Gasteiger partial charge in [0.05, 0.1) is 12.6 Å². The SMILES string of the molecule is COC(=O)c1nc(Cl)nc2ccc(Cl)cc12. The summed E-state index contributed by atoms with van der Waals surface area (Å²) in [4.78, 5) is 19.3. The highest BCUT2D eigenvalue weighted by Gasteiger charge is 2.14. The lowest BCUT2D eigenvalue weighted by molar-refractivity contribution is 0.0596. The molecule has 0 spiro atoms. The molecular weight excluding hydrogens is 251 g/mol. The maximum Gasteiger partial charge on any atom is 0.357 e. The summed E-state index contributed by atoms with van der Waals surface area (Å²) in [5, 5.41) is 1.00. The first-order valence-corrected chi connectivity index (χ1v) is 5.08. The Morgan fingerprint density at radius 3 is 2.75 bits per heavy atom. The molecule has 0 saturated heterocycles. The average Bonchev–Trinajstić information content (AvgIpc) is 2.27. The van der Waals surface area contributed by atoms with Crippen LogP contribution in [0.25, 0.3) is 10.9 Å². The van der Waals surface area contributed by atoms with Gasteiger partial charge < -0.3 is 4.74 Å². The molecule has 1 aromatic heterocycles. The molecule has 82 valence electrons. The molecule has 1 aromatic carbocycles. The summed E-state index contributed by atoms with van der Waals surface area (Å²) >= 11 is 11.5. The molecule has 16 heavy (non-hydrogen) atoms. The van der Waals surface area contributed by atoms with Gasteiger partial charge in [-0.25, -0.2) is 14.8 Å². The summed E-state index contributed by atoms with van der Waals surface area (Å²) in [6, 6.07) is 4.92. The van der Waals surface area contributed by atoms with E-state index in [-0.39, 0.29) is 11.0 Å². The second-order valence-corrected chi connectivity index (χ2v) is 3.77. The summed E-state index contributed by atoms with van der Waals surface area (Å²) in [6.07, 6.45) is 0. The number of aromatic nitrogens is 2. The van der Waals surface area contributed by atoms with Crippen molar-refractivity contribution in [2.45, 2.75) is 0 Å². The zero-order valence-corrected chi connectivity index (χ0v) is 9.71. The highest BCUT2D eigenvalue weighted by molar-refractivity contribution is 6.31. The lowest BCUT2D eigenvalue weighted by Gasteiger charge is -2.04. The summed E-state index contributed by atoms with van der Waals surface area (Å²) in [5.74, 6) is -0.573. The molecule has 4 nitrogen and oxygen atoms in total. The van der Waals surface area contributed by atoms with Crippen molar-refractivity contribution in [2.75, 3.05) is 7.11 Å². The van der Waals surface area contributed by atoms with Gasteiger partial charge in [-0.05, 0) is 29.8 Å². The standard InChI is InChI=1S/C10H6Cl2N2O2/c1-16-9(15)8-6-4-5(11)2-3-7(6)13-10(12)14-8/h2-4H,1H3. The molecule has 0 unspecified atom stereocenters. The van der Waals surface area contributed by atoms with Gasteiger partial charge in [0.1, 0.15) is 0 Å². The van der Waals surface area contributed by atoms with E-state index in [0.717, 1.165) is 0 Å². The molecule has 6 heteroatoms. The highest BCUT2D eigenvalue weighted by atomic mass is 35.5. The fourth-order valence-electron chi connectivity index (χ4n) is 1.32. The molecule has 0 fully saturated rings. The lowest BCUT2D eigenvalue weighted by atomic mass is 10.2. The first-order valence-electron chi connectivity index (χ1n) is 4.33. The van der Waals surface area contributed by atoms with Gasteiger partial charge in [0.15, 0.2) is 5.69 Å². The Balaban J connectivity index is 2.79. The van der Waals surface area contributed by atoms with Crippen molar-refractivity contribution in [2.24, 2.45) is 0 Å². The van der Waals surface area contributed by atoms with Crippen LogP contribution in [0.1, 0.15) is 10.5 Å². The van der Waals surface area contributed by atoms with Gasteiger partial charge in [0, 0.05) is 10.4 Å². The molecule has 0 radical (unpaired) electrons. The highest BCUT2D eigenvalue weighted by Crippen LogP contribution is 2.22. The minimum Gasteiger partial charge on any atom is -0.464 e. The number of carbonyl (C=O) groups is 1. The predicted octanol–water partition coefficient (Wildman–Crippen LogP) is 2.72. The number of ether oxygens (including phenoxy) is 1. The van der Waals surface area contributed by atoms with E-state index >= 15 is 0 Å². The number of halogens is 2. The van der Waals surface area contributed by atoms with Crippen molar-refractivity contribution in [1.82, 2.24) is 9.97 Å². The number of esters is 1. The molecule has 1 heterocycles. The molecule has 2 rings (SSSR count). The number of hydrogen-bond donors (Lipinski definition) is 0. The molecule has 0 bridgehead atoms. The van der Waals surface area contributed by atoms with Crippen molar-refractivity contribution in [3.63, 3.8) is 0 Å². The van der Waals surface area contributed by atoms with Gasteiger partial charge in [0.25, 0.3) is 0 Å². The smallest absolute Gasteiger partial charge is 0.357 e. The lowest BCUT2D eigenvalue weighted by Crippen LogP contribution is -2.06. The first-order chi connectivity index (χ1) is 7.61. The second-order valence-electron chi connectivity index (χ2n) is 2.99. The maximum absolute atomic E-state index is 11.5. The van der Waals surface area contributed by atoms with E-state index < -0.39 is 5.97 Å². The topological polar surface area (TPSA) is 52.1 Å². The quantitative estimate of drug-likeness (QED) is 0.582. The third-order valence-corrected chi connectivity index (χ3v) is 2.41. The molecule has 0 amide bonds. The van der Waals surface area contributed by atoms with Gasteiger partial charge in [0.2, 0.25) is 5.28 Å². The van der Waals surface area contributed by atoms with Crippen molar-refractivity contribution >= 4 is 40.1 Å². The van der Waals surface area contributed by atoms with Gasteiger partial charge in [-0.2, -0.15) is 0 Å². The van der Waals surface area contributed by atoms with Crippen LogP contribution in [0.2, 0.25) is 10.3 Å². The molecule has 0 aliphatic carbocycles. The monoisotopic (exact) mass is 256 g/mol. The van der Waals surface area contributed by atoms with Crippen molar-refractivity contribution in [3.05, 3.63) is 34.2 Å². The van der Waals surface area contributed by atoms with E-state index in [9.17, 15) is 4.79 Å². The van der Waals surface area contributed by atoms with E-state index in [4.69, 9.17) is 23.2 Å². The summed E-state index contributed by atoms with van der Waals surface area (Å²) < 4.78 is 4.61. The van der Waals surface area contributed by atoms with E-state index in [1.54, 1.807) is 18.2 Å². The Kier molecular flexibility index (Phi) is 2.94. The van der Waals surface area contributed by atoms with E-state index in [1.807, 2.05) is 0 Å². The Labute approximate surface area is 101 Å². The van der Waals surface area contributed by atoms with Crippen LogP contribution in [0.4, 0.5) is 0 Å². The number of methoxy groups -OCH3 is 1. The maximum atomic E-state index is 11.5. The van der Waals surface area contributed by atoms with Crippen LogP contribution < -0.4 is 0 Å². The number of fused-ring (bicyclic) bond motifs is 1. The van der Waals surface area contributed by atoms with Crippen LogP contribution in [0, 0.1) is 0 Å². The zero-order chi connectivity index (χ0) is 11.7. The summed E-state index contributed by atoms with van der Waals surface area (Å²) in [5.41, 5.74) is 0.657. The van der Waals surface area contributed by atoms with Crippen LogP contribution >= 0.6 is 23.2 Å². The average molecular weight is 257 g/mol. The van der Waals surface area contributed by atoms with Crippen LogP contribution in [-0.2, 0) is 4.74 Å². The third-order valence-electron chi connectivity index (χ3n) is 2.01. The molecule has 0 saturated carbocycles. The van der Waals surface area contributed by atoms with Gasteiger partial charge in [-0.15, -0.1) is 0 Å². The van der Waals surface area contributed by atoms with E-state index in [2.05, 4.69) is 14.7 Å². The molecule has 2 aromatic rings. The zero-order valence-electron chi connectivity index (χ0n) is 8.20. The van der Waals surface area contributed by atoms with Gasteiger partial charge in [-0.1, -0.05) is 11.6 Å². The normalized spacial score (nSPS) is 10.4. The summed E-state index contributed by atoms with van der Waals surface area (Å²) in [6.45, 7) is 0. The Morgan fingerprint density at radius 2 is 2.06 bits per heavy atom. The number of benzene rings is 1. The van der Waals surface area contributed by atoms with Crippen LogP contribution in [0.5, 0.6) is 0 Å². The molecule has 0 atom stereocenters. The number of hydrogen-bond acceptors (Lipinski definition) is 4. The fraction of sp³-hybridized carbons (Fsp3) is 0.100. The third kappa shape index (κ3) is 1.94. The van der Waals surface area contributed by atoms with Crippen molar-refractivity contribution in [1.29, 1.82) is 0 Å². The first kappa shape index (κ1) is 11.1. The Hall–Kier alpha value is -1.39. The van der Waals surface area contributed by atoms with Crippen LogP contribution in [0.3, 0.4) is 0 Å². The predicted molar refractivity (Wildman–Crippen MR) is 60.9 cm³/mol. The minimum atomic E-state index is -0.573. The van der Waals surface area contributed by atoms with Crippen molar-refractivity contribution < 1.29 is 9.53 Å². The Morgan fingerprint density at radius 1 is 1.31 bits per heavy atom. The molecule has 0 aliphatic rings. The number of rotatable bonds is 1. The van der Waals surface area contributed by atoms with Gasteiger partial charge in [-0.3, -0.25) is 0 Å². The molecular formula is C10H6Cl2N2O2. The van der Waals surface area contributed by atoms with Crippen LogP contribution in [0.15, 0.2) is 18.2 Å². The molecule has 0 aliphatic heterocycles. The second kappa shape index (κ2) is 4.23. The van der Waals surface area contributed by atoms with Gasteiger partial charge >= 0.3 is 5.97 Å².